The van der Waals surface area contributed by atoms with Crippen LogP contribution in [0.4, 0.5) is 15.8 Å². The number of non-ortho nitro benzene ring substituents is 1. The summed E-state index contributed by atoms with van der Waals surface area (Å²) < 4.78 is 37.8. The van der Waals surface area contributed by atoms with E-state index in [-0.39, 0.29) is 17.3 Å². The van der Waals surface area contributed by atoms with Crippen LogP contribution in [-0.2, 0) is 10.0 Å². The average Bonchev–Trinajstić information content (AvgIpc) is 2.20. The van der Waals surface area contributed by atoms with Gasteiger partial charge in [-0.1, -0.05) is 0 Å². The topological polar surface area (TPSA) is 89.3 Å². The number of benzene rings is 1. The molecule has 0 saturated carbocycles. The maximum absolute atomic E-state index is 13.3. The van der Waals surface area contributed by atoms with Gasteiger partial charge in [0, 0.05) is 11.9 Å². The van der Waals surface area contributed by atoms with Crippen molar-refractivity contribution < 1.29 is 17.7 Å². The van der Waals surface area contributed by atoms with Gasteiger partial charge in [-0.2, -0.15) is 0 Å². The number of anilines is 1. The van der Waals surface area contributed by atoms with Gasteiger partial charge in [-0.3, -0.25) is 14.8 Å². The maximum Gasteiger partial charge on any atom is 0.272 e. The first-order valence-corrected chi connectivity index (χ1v) is 6.55. The molecule has 0 radical (unpaired) electrons. The summed E-state index contributed by atoms with van der Waals surface area (Å²) in [4.78, 5) is 9.56. The van der Waals surface area contributed by atoms with Crippen molar-refractivity contribution in [3.05, 3.63) is 34.1 Å². The van der Waals surface area contributed by atoms with E-state index in [4.69, 9.17) is 11.6 Å². The van der Waals surface area contributed by atoms with Crippen molar-refractivity contribution in [3.8, 4) is 0 Å². The van der Waals surface area contributed by atoms with E-state index in [0.717, 1.165) is 12.1 Å². The van der Waals surface area contributed by atoms with Crippen LogP contribution in [0.5, 0.6) is 0 Å². The Bertz CT molecular complexity index is 534. The first-order valence-electron chi connectivity index (χ1n) is 4.36. The summed E-state index contributed by atoms with van der Waals surface area (Å²) in [5.41, 5.74) is -0.802. The van der Waals surface area contributed by atoms with Gasteiger partial charge in [0.2, 0.25) is 10.0 Å². The minimum atomic E-state index is -3.73. The number of hydrogen-bond acceptors (Lipinski definition) is 4. The van der Waals surface area contributed by atoms with E-state index >= 15 is 0 Å². The number of nitro groups is 1. The third kappa shape index (κ3) is 3.82. The van der Waals surface area contributed by atoms with Crippen molar-refractivity contribution in [2.75, 3.05) is 16.4 Å². The third-order valence-corrected chi connectivity index (χ3v) is 3.46. The summed E-state index contributed by atoms with van der Waals surface area (Å²) in [6.07, 6.45) is 0. The number of sulfonamides is 1. The second-order valence-corrected chi connectivity index (χ2v) is 5.25. The summed E-state index contributed by atoms with van der Waals surface area (Å²) >= 11 is 5.26. The number of nitrogens with zero attached hydrogens (tertiary/aromatic N) is 1. The first-order chi connectivity index (χ1) is 7.85. The highest BCUT2D eigenvalue weighted by Gasteiger charge is 2.15. The lowest BCUT2D eigenvalue weighted by atomic mass is 10.3. The van der Waals surface area contributed by atoms with Gasteiger partial charge >= 0.3 is 0 Å². The predicted molar refractivity (Wildman–Crippen MR) is 61.2 cm³/mol. The SMILES string of the molecule is O=[N+]([O-])c1ccc(NS(=O)(=O)CCCl)c(F)c1. The fraction of sp³-hybridized carbons (Fsp3) is 0.250. The normalized spacial score (nSPS) is 11.2. The molecule has 9 heteroatoms. The predicted octanol–water partition coefficient (Wildman–Crippen LogP) is 1.71. The molecule has 0 bridgehead atoms. The number of hydrogen-bond donors (Lipinski definition) is 1. The Labute approximate surface area is 102 Å². The molecule has 6 nitrogen and oxygen atoms in total. The molecule has 0 atom stereocenters. The van der Waals surface area contributed by atoms with Crippen molar-refractivity contribution in [3.63, 3.8) is 0 Å². The standard InChI is InChI=1S/C8H8ClFN2O4S/c9-3-4-17(15,16)11-8-2-1-6(12(13)14)5-7(8)10/h1-2,5,11H,3-4H2. The molecule has 0 heterocycles. The summed E-state index contributed by atoms with van der Waals surface area (Å²) in [5.74, 6) is -1.52. The zero-order valence-electron chi connectivity index (χ0n) is 8.39. The number of rotatable bonds is 5. The molecule has 0 aliphatic heterocycles. The molecule has 0 amide bonds. The van der Waals surface area contributed by atoms with Crippen molar-refractivity contribution in [2.45, 2.75) is 0 Å². The van der Waals surface area contributed by atoms with Crippen molar-refractivity contribution >= 4 is 33.0 Å². The van der Waals surface area contributed by atoms with Gasteiger partial charge in [0.15, 0.2) is 5.82 Å². The lowest BCUT2D eigenvalue weighted by Crippen LogP contribution is -2.18. The van der Waals surface area contributed by atoms with Crippen LogP contribution < -0.4 is 4.72 Å². The molecular weight excluding hydrogens is 275 g/mol. The molecule has 0 aliphatic rings. The first kappa shape index (κ1) is 13.7. The van der Waals surface area contributed by atoms with E-state index in [1.807, 2.05) is 4.72 Å². The van der Waals surface area contributed by atoms with Gasteiger partial charge < -0.3 is 0 Å². The molecular formula is C8H8ClFN2O4S. The minimum absolute atomic E-state index is 0.135. The Morgan fingerprint density at radius 1 is 1.47 bits per heavy atom. The zero-order valence-corrected chi connectivity index (χ0v) is 9.96. The summed E-state index contributed by atoms with van der Waals surface area (Å²) in [7, 11) is -3.73. The second-order valence-electron chi connectivity index (χ2n) is 3.03. The number of nitrogens with one attached hydrogen (secondary N) is 1. The molecule has 17 heavy (non-hydrogen) atoms. The molecule has 1 N–H and O–H groups in total. The van der Waals surface area contributed by atoms with Gasteiger partial charge in [-0.05, 0) is 6.07 Å². The van der Waals surface area contributed by atoms with E-state index in [9.17, 15) is 22.9 Å². The quantitative estimate of drug-likeness (QED) is 0.506. The van der Waals surface area contributed by atoms with Gasteiger partial charge in [0.1, 0.15) is 0 Å². The molecule has 1 aromatic rings. The van der Waals surface area contributed by atoms with Crippen molar-refractivity contribution in [1.29, 1.82) is 0 Å². The summed E-state index contributed by atoms with van der Waals surface area (Å²) in [6.45, 7) is 0. The molecule has 1 rings (SSSR count). The van der Waals surface area contributed by atoms with E-state index < -0.39 is 26.5 Å². The molecule has 0 spiro atoms. The van der Waals surface area contributed by atoms with Crippen LogP contribution in [0.25, 0.3) is 0 Å². The average molecular weight is 283 g/mol. The molecule has 0 fully saturated rings. The van der Waals surface area contributed by atoms with E-state index in [1.165, 1.54) is 0 Å². The maximum atomic E-state index is 13.3. The lowest BCUT2D eigenvalue weighted by Gasteiger charge is -2.07. The zero-order chi connectivity index (χ0) is 13.1. The van der Waals surface area contributed by atoms with Crippen LogP contribution in [0.1, 0.15) is 0 Å². The lowest BCUT2D eigenvalue weighted by molar-refractivity contribution is -0.385. The fourth-order valence-corrected chi connectivity index (χ4v) is 2.44. The number of halogens is 2. The van der Waals surface area contributed by atoms with E-state index in [0.29, 0.717) is 6.07 Å². The third-order valence-electron chi connectivity index (χ3n) is 1.77. The summed E-state index contributed by atoms with van der Waals surface area (Å²) in [5, 5.41) is 10.3. The Kier molecular flexibility index (Phi) is 4.24. The smallest absolute Gasteiger partial charge is 0.272 e. The molecule has 0 saturated heterocycles. The largest absolute Gasteiger partial charge is 0.281 e. The van der Waals surface area contributed by atoms with Crippen LogP contribution in [0.3, 0.4) is 0 Å². The fourth-order valence-electron chi connectivity index (χ4n) is 1.02. The Hall–Kier alpha value is -1.41. The van der Waals surface area contributed by atoms with E-state index in [2.05, 4.69) is 0 Å². The molecule has 0 unspecified atom stereocenters. The Morgan fingerprint density at radius 3 is 2.59 bits per heavy atom. The highest BCUT2D eigenvalue weighted by atomic mass is 35.5. The van der Waals surface area contributed by atoms with Gasteiger partial charge in [-0.25, -0.2) is 12.8 Å². The van der Waals surface area contributed by atoms with Crippen LogP contribution in [0.15, 0.2) is 18.2 Å². The van der Waals surface area contributed by atoms with E-state index in [1.54, 1.807) is 0 Å². The highest BCUT2D eigenvalue weighted by Crippen LogP contribution is 2.21. The van der Waals surface area contributed by atoms with Crippen LogP contribution >= 0.6 is 11.6 Å². The highest BCUT2D eigenvalue weighted by molar-refractivity contribution is 7.92. The van der Waals surface area contributed by atoms with Crippen LogP contribution in [0.2, 0.25) is 0 Å². The van der Waals surface area contributed by atoms with Gasteiger partial charge in [0.25, 0.3) is 5.69 Å². The summed E-state index contributed by atoms with van der Waals surface area (Å²) in [6, 6.07) is 2.62. The molecule has 1 aromatic carbocycles. The van der Waals surface area contributed by atoms with Crippen molar-refractivity contribution in [1.82, 2.24) is 0 Å². The Morgan fingerprint density at radius 2 is 2.12 bits per heavy atom. The number of nitro benzene ring substituents is 1. The van der Waals surface area contributed by atoms with Crippen molar-refractivity contribution in [2.24, 2.45) is 0 Å². The molecule has 94 valence electrons. The van der Waals surface area contributed by atoms with Gasteiger partial charge in [0.05, 0.1) is 22.4 Å². The van der Waals surface area contributed by atoms with Crippen LogP contribution in [-0.4, -0.2) is 25.0 Å². The number of alkyl halides is 1. The minimum Gasteiger partial charge on any atom is -0.281 e. The Balaban J connectivity index is 2.98. The van der Waals surface area contributed by atoms with Crippen LogP contribution in [0, 0.1) is 15.9 Å². The molecule has 0 aliphatic carbocycles. The van der Waals surface area contributed by atoms with Gasteiger partial charge in [-0.15, -0.1) is 11.6 Å². The monoisotopic (exact) mass is 282 g/mol. The second kappa shape index (κ2) is 5.28. The molecule has 0 aromatic heterocycles.